The first-order valence-electron chi connectivity index (χ1n) is 5.07. The molecule has 1 aliphatic rings. The van der Waals surface area contributed by atoms with E-state index in [9.17, 15) is 19.4 Å². The zero-order valence-corrected chi connectivity index (χ0v) is 9.57. The van der Waals surface area contributed by atoms with Gasteiger partial charge in [-0.05, 0) is 36.5 Å². The van der Waals surface area contributed by atoms with E-state index in [1.165, 1.54) is 0 Å². The molecule has 0 amide bonds. The first kappa shape index (κ1) is 12.6. The smallest absolute Gasteiger partial charge is 0.310 e. The van der Waals surface area contributed by atoms with Crippen LogP contribution in [0, 0.1) is 5.92 Å². The molecule has 1 aromatic rings. The lowest BCUT2D eigenvalue weighted by molar-refractivity contribution is 0.364. The minimum absolute atomic E-state index is 0.265. The van der Waals surface area contributed by atoms with Crippen LogP contribution in [-0.2, 0) is 0 Å². The van der Waals surface area contributed by atoms with Crippen LogP contribution < -0.4 is 5.73 Å². The molecule has 0 saturated heterocycles. The first-order valence-corrected chi connectivity index (χ1v) is 7.02. The van der Waals surface area contributed by atoms with E-state index in [0.29, 0.717) is 17.7 Å². The molecule has 0 unspecified atom stereocenters. The number of rotatable bonds is 3. The summed E-state index contributed by atoms with van der Waals surface area (Å²) in [6.07, 6.45) is 1.87. The molecule has 98 valence electrons. The summed E-state index contributed by atoms with van der Waals surface area (Å²) in [5.41, 5.74) is 6.24. The molecule has 0 heterocycles. The third-order valence-corrected chi connectivity index (χ3v) is 4.00. The second kappa shape index (κ2) is 2.95. The lowest BCUT2D eigenvalue weighted by atomic mass is 10.0. The molecular formula is C10H12F5NS. The van der Waals surface area contributed by atoms with Crippen LogP contribution in [0.5, 0.6) is 0 Å². The number of nitrogens with two attached hydrogens (primary N) is 1. The van der Waals surface area contributed by atoms with Gasteiger partial charge in [0.25, 0.3) is 0 Å². The third kappa shape index (κ3) is 2.90. The van der Waals surface area contributed by atoms with E-state index in [1.807, 2.05) is 0 Å². The maximum Gasteiger partial charge on any atom is 0.310 e. The largest absolute Gasteiger partial charge is 0.324 e. The molecule has 2 rings (SSSR count). The van der Waals surface area contributed by atoms with E-state index in [-0.39, 0.29) is 12.0 Å². The van der Waals surface area contributed by atoms with Gasteiger partial charge in [-0.15, -0.1) is 0 Å². The molecule has 0 aromatic heterocycles. The number of hydrogen-bond acceptors (Lipinski definition) is 1. The summed E-state index contributed by atoms with van der Waals surface area (Å²) >= 11 is 0. The van der Waals surface area contributed by atoms with Crippen molar-refractivity contribution in [2.75, 3.05) is 0 Å². The van der Waals surface area contributed by atoms with Gasteiger partial charge in [-0.25, -0.2) is 0 Å². The van der Waals surface area contributed by atoms with Gasteiger partial charge in [0.1, 0.15) is 4.90 Å². The fraction of sp³-hybridized carbons (Fsp3) is 0.400. The average molecular weight is 273 g/mol. The summed E-state index contributed by atoms with van der Waals surface area (Å²) in [7, 11) is -9.55. The van der Waals surface area contributed by atoms with Gasteiger partial charge in [0.15, 0.2) is 0 Å². The summed E-state index contributed by atoms with van der Waals surface area (Å²) in [6, 6.07) is 2.55. The second-order valence-electron chi connectivity index (χ2n) is 4.40. The molecule has 2 N–H and O–H groups in total. The van der Waals surface area contributed by atoms with Crippen molar-refractivity contribution in [1.29, 1.82) is 0 Å². The van der Waals surface area contributed by atoms with Gasteiger partial charge in [-0.1, -0.05) is 31.6 Å². The molecule has 7 heteroatoms. The molecule has 17 heavy (non-hydrogen) atoms. The van der Waals surface area contributed by atoms with E-state index < -0.39 is 15.1 Å². The maximum absolute atomic E-state index is 12.4. The predicted molar refractivity (Wildman–Crippen MR) is 57.5 cm³/mol. The molecule has 1 atom stereocenters. The lowest BCUT2D eigenvalue weighted by Crippen LogP contribution is -2.13. The first-order chi connectivity index (χ1) is 7.47. The molecule has 1 nitrogen and oxygen atoms in total. The fourth-order valence-corrected chi connectivity index (χ4v) is 2.33. The van der Waals surface area contributed by atoms with E-state index in [4.69, 9.17) is 5.73 Å². The van der Waals surface area contributed by atoms with Gasteiger partial charge < -0.3 is 5.73 Å². The minimum atomic E-state index is -9.55. The molecular weight excluding hydrogens is 261 g/mol. The SMILES string of the molecule is N[C@@H](c1ccc(S(F)(F)(F)(F)F)cc1)C1CC1. The van der Waals surface area contributed by atoms with Crippen LogP contribution in [-0.4, -0.2) is 0 Å². The number of halogens is 5. The Labute approximate surface area is 95.5 Å². The molecule has 0 bridgehead atoms. The monoisotopic (exact) mass is 273 g/mol. The average Bonchev–Trinajstić information content (AvgIpc) is 2.96. The highest BCUT2D eigenvalue weighted by molar-refractivity contribution is 8.45. The molecule has 1 fully saturated rings. The Morgan fingerprint density at radius 1 is 1.00 bits per heavy atom. The van der Waals surface area contributed by atoms with E-state index >= 15 is 0 Å². The van der Waals surface area contributed by atoms with Crippen molar-refractivity contribution in [2.45, 2.75) is 23.8 Å². The highest BCUT2D eigenvalue weighted by atomic mass is 32.5. The van der Waals surface area contributed by atoms with Crippen LogP contribution in [0.25, 0.3) is 0 Å². The van der Waals surface area contributed by atoms with Gasteiger partial charge >= 0.3 is 10.2 Å². The topological polar surface area (TPSA) is 26.0 Å². The molecule has 1 saturated carbocycles. The van der Waals surface area contributed by atoms with Crippen LogP contribution in [0.15, 0.2) is 29.2 Å². The van der Waals surface area contributed by atoms with Gasteiger partial charge in [-0.3, -0.25) is 0 Å². The minimum Gasteiger partial charge on any atom is -0.324 e. The second-order valence-corrected chi connectivity index (χ2v) is 6.81. The summed E-state index contributed by atoms with van der Waals surface area (Å²) in [5, 5.41) is 0. The molecule has 1 aromatic carbocycles. The van der Waals surface area contributed by atoms with E-state index in [0.717, 1.165) is 25.0 Å². The highest BCUT2D eigenvalue weighted by Crippen LogP contribution is 3.02. The Morgan fingerprint density at radius 3 is 1.82 bits per heavy atom. The van der Waals surface area contributed by atoms with Crippen molar-refractivity contribution < 1.29 is 19.4 Å². The van der Waals surface area contributed by atoms with Crippen LogP contribution in [0.1, 0.15) is 24.4 Å². The normalized spacial score (nSPS) is 22.7. The van der Waals surface area contributed by atoms with Crippen molar-refractivity contribution in [3.05, 3.63) is 29.8 Å². The highest BCUT2D eigenvalue weighted by Gasteiger charge is 2.65. The predicted octanol–water partition coefficient (Wildman–Crippen LogP) is 4.75. The third-order valence-electron chi connectivity index (χ3n) is 2.84. The Kier molecular flexibility index (Phi) is 2.19. The van der Waals surface area contributed by atoms with Gasteiger partial charge in [0.05, 0.1) is 0 Å². The van der Waals surface area contributed by atoms with Crippen molar-refractivity contribution in [1.82, 2.24) is 0 Å². The summed E-state index contributed by atoms with van der Waals surface area (Å²) in [6.45, 7) is 0. The molecule has 1 aliphatic carbocycles. The molecule has 0 radical (unpaired) electrons. The molecule has 0 aliphatic heterocycles. The number of benzene rings is 1. The summed E-state index contributed by atoms with van der Waals surface area (Å²) in [5.74, 6) is 0.265. The fourth-order valence-electron chi connectivity index (χ4n) is 1.67. The Hall–Kier alpha value is -0.820. The van der Waals surface area contributed by atoms with Crippen LogP contribution in [0.3, 0.4) is 0 Å². The van der Waals surface area contributed by atoms with Crippen molar-refractivity contribution >= 4 is 10.2 Å². The van der Waals surface area contributed by atoms with Crippen LogP contribution in [0.2, 0.25) is 0 Å². The van der Waals surface area contributed by atoms with E-state index in [1.54, 1.807) is 0 Å². The van der Waals surface area contributed by atoms with Crippen LogP contribution >= 0.6 is 10.2 Å². The standard InChI is InChI=1S/C10H12F5NS/c11-17(12,13,14,15)9-5-3-8(4-6-9)10(16)7-1-2-7/h3-7,10H,1-2,16H2/t10-/m1/s1. The zero-order chi connectivity index (χ0) is 13.0. The van der Waals surface area contributed by atoms with Gasteiger partial charge in [0.2, 0.25) is 0 Å². The van der Waals surface area contributed by atoms with Crippen molar-refractivity contribution in [3.63, 3.8) is 0 Å². The zero-order valence-electron chi connectivity index (χ0n) is 8.75. The lowest BCUT2D eigenvalue weighted by Gasteiger charge is -2.40. The Morgan fingerprint density at radius 2 is 1.47 bits per heavy atom. The van der Waals surface area contributed by atoms with Crippen molar-refractivity contribution in [3.8, 4) is 0 Å². The van der Waals surface area contributed by atoms with Crippen LogP contribution in [0.4, 0.5) is 19.4 Å². The number of hydrogen-bond donors (Lipinski definition) is 1. The quantitative estimate of drug-likeness (QED) is 0.790. The Bertz CT molecular complexity index is 433. The van der Waals surface area contributed by atoms with Crippen molar-refractivity contribution in [2.24, 2.45) is 11.7 Å². The van der Waals surface area contributed by atoms with Gasteiger partial charge in [-0.2, -0.15) is 0 Å². The van der Waals surface area contributed by atoms with Gasteiger partial charge in [0, 0.05) is 6.04 Å². The maximum atomic E-state index is 12.4. The summed E-state index contributed by atoms with van der Waals surface area (Å²) < 4.78 is 62.1. The Balaban J connectivity index is 2.31. The summed E-state index contributed by atoms with van der Waals surface area (Å²) in [4.78, 5) is -1.86. The molecule has 0 spiro atoms. The van der Waals surface area contributed by atoms with E-state index in [2.05, 4.69) is 0 Å².